The molecule has 1 aromatic heterocycles. The number of nitrogen functional groups attached to an aromatic ring is 1. The molecule has 0 bridgehead atoms. The van der Waals surface area contributed by atoms with Crippen LogP contribution in [0.3, 0.4) is 0 Å². The fourth-order valence-corrected chi connectivity index (χ4v) is 5.98. The maximum atomic E-state index is 12.7. The number of nitrogens with zero attached hydrogens (tertiary/aromatic N) is 1. The SMILES string of the molecule is Cc1ccc(N)cc1NC(=O)Cc1ccc(S(=O)(=O)N2CCCCC2)s1.Cl. The van der Waals surface area contributed by atoms with E-state index in [0.717, 1.165) is 41.0 Å². The molecule has 6 nitrogen and oxygen atoms in total. The monoisotopic (exact) mass is 429 g/mol. The van der Waals surface area contributed by atoms with E-state index in [1.807, 2.05) is 13.0 Å². The van der Waals surface area contributed by atoms with Crippen molar-refractivity contribution in [2.24, 2.45) is 0 Å². The van der Waals surface area contributed by atoms with Gasteiger partial charge >= 0.3 is 0 Å². The van der Waals surface area contributed by atoms with Crippen molar-refractivity contribution in [2.45, 2.75) is 36.8 Å². The van der Waals surface area contributed by atoms with Crippen molar-refractivity contribution in [3.8, 4) is 0 Å². The zero-order chi connectivity index (χ0) is 18.7. The highest BCUT2D eigenvalue weighted by Gasteiger charge is 2.27. The second kappa shape index (κ2) is 9.05. The zero-order valence-electron chi connectivity index (χ0n) is 15.1. The number of hydrogen-bond donors (Lipinski definition) is 2. The molecule has 1 fully saturated rings. The number of sulfonamides is 1. The summed E-state index contributed by atoms with van der Waals surface area (Å²) in [5, 5.41) is 2.84. The Kier molecular flexibility index (Phi) is 7.27. The molecule has 3 rings (SSSR count). The first kappa shape index (κ1) is 21.7. The van der Waals surface area contributed by atoms with Crippen LogP contribution in [-0.2, 0) is 21.2 Å². The minimum atomic E-state index is -3.44. The number of aryl methyl sites for hydroxylation is 1. The molecule has 2 heterocycles. The van der Waals surface area contributed by atoms with Crippen LogP contribution in [0.4, 0.5) is 11.4 Å². The number of halogens is 1. The Morgan fingerprint density at radius 2 is 1.89 bits per heavy atom. The minimum absolute atomic E-state index is 0. The van der Waals surface area contributed by atoms with Crippen molar-refractivity contribution < 1.29 is 13.2 Å². The van der Waals surface area contributed by atoms with Gasteiger partial charge in [0, 0.05) is 29.3 Å². The molecule has 2 aromatic rings. The van der Waals surface area contributed by atoms with E-state index in [-0.39, 0.29) is 24.7 Å². The quantitative estimate of drug-likeness (QED) is 0.712. The molecule has 1 saturated heterocycles. The molecule has 1 aromatic carbocycles. The van der Waals surface area contributed by atoms with Gasteiger partial charge in [0.05, 0.1) is 6.42 Å². The third kappa shape index (κ3) is 5.22. The maximum Gasteiger partial charge on any atom is 0.252 e. The summed E-state index contributed by atoms with van der Waals surface area (Å²) in [7, 11) is -3.44. The van der Waals surface area contributed by atoms with E-state index in [4.69, 9.17) is 5.73 Å². The Morgan fingerprint density at radius 3 is 2.59 bits per heavy atom. The third-order valence-corrected chi connectivity index (χ3v) is 7.87. The van der Waals surface area contributed by atoms with Gasteiger partial charge < -0.3 is 11.1 Å². The molecule has 1 amide bonds. The van der Waals surface area contributed by atoms with Crippen molar-refractivity contribution in [1.29, 1.82) is 0 Å². The average Bonchev–Trinajstić information content (AvgIpc) is 3.08. The molecule has 1 aliphatic rings. The Hall–Kier alpha value is -1.61. The van der Waals surface area contributed by atoms with Gasteiger partial charge in [0.2, 0.25) is 5.91 Å². The van der Waals surface area contributed by atoms with Crippen molar-refractivity contribution in [2.75, 3.05) is 24.1 Å². The van der Waals surface area contributed by atoms with Gasteiger partial charge in [0.15, 0.2) is 0 Å². The number of hydrogen-bond acceptors (Lipinski definition) is 5. The summed E-state index contributed by atoms with van der Waals surface area (Å²) in [5.41, 5.74) is 7.93. The van der Waals surface area contributed by atoms with Gasteiger partial charge in [-0.2, -0.15) is 4.31 Å². The molecule has 148 valence electrons. The van der Waals surface area contributed by atoms with Crippen molar-refractivity contribution in [1.82, 2.24) is 4.31 Å². The van der Waals surface area contributed by atoms with Gasteiger partial charge in [-0.3, -0.25) is 4.79 Å². The first-order valence-electron chi connectivity index (χ1n) is 8.61. The molecule has 0 atom stereocenters. The maximum absolute atomic E-state index is 12.7. The van der Waals surface area contributed by atoms with E-state index in [1.165, 1.54) is 0 Å². The third-order valence-electron chi connectivity index (χ3n) is 4.42. The number of carbonyl (C=O) groups is 1. The molecular formula is C18H24ClN3O3S2. The van der Waals surface area contributed by atoms with Crippen LogP contribution in [0.25, 0.3) is 0 Å². The summed E-state index contributed by atoms with van der Waals surface area (Å²) in [6.45, 7) is 3.04. The molecule has 3 N–H and O–H groups in total. The van der Waals surface area contributed by atoms with Gasteiger partial charge in [-0.25, -0.2) is 8.42 Å². The second-order valence-corrected chi connectivity index (χ2v) is 9.82. The summed E-state index contributed by atoms with van der Waals surface area (Å²) >= 11 is 1.16. The minimum Gasteiger partial charge on any atom is -0.399 e. The van der Waals surface area contributed by atoms with E-state index in [1.54, 1.807) is 28.6 Å². The topological polar surface area (TPSA) is 92.5 Å². The Balaban J connectivity index is 0.00000261. The van der Waals surface area contributed by atoms with Crippen LogP contribution in [0.5, 0.6) is 0 Å². The molecule has 9 heteroatoms. The average molecular weight is 430 g/mol. The largest absolute Gasteiger partial charge is 0.399 e. The molecule has 0 radical (unpaired) electrons. The number of piperidine rings is 1. The normalized spacial score (nSPS) is 15.1. The molecular weight excluding hydrogens is 406 g/mol. The van der Waals surface area contributed by atoms with Crippen molar-refractivity contribution in [3.63, 3.8) is 0 Å². The number of thiophene rings is 1. The van der Waals surface area contributed by atoms with Gasteiger partial charge in [-0.1, -0.05) is 12.5 Å². The van der Waals surface area contributed by atoms with Crippen LogP contribution in [-0.4, -0.2) is 31.7 Å². The van der Waals surface area contributed by atoms with Crippen molar-refractivity contribution in [3.05, 3.63) is 40.8 Å². The van der Waals surface area contributed by atoms with E-state index >= 15 is 0 Å². The Morgan fingerprint density at radius 1 is 1.19 bits per heavy atom. The van der Waals surface area contributed by atoms with E-state index in [2.05, 4.69) is 5.32 Å². The lowest BCUT2D eigenvalue weighted by molar-refractivity contribution is -0.115. The Labute approximate surface area is 170 Å². The molecule has 1 aliphatic heterocycles. The van der Waals surface area contributed by atoms with E-state index < -0.39 is 10.0 Å². The van der Waals surface area contributed by atoms with E-state index in [0.29, 0.717) is 28.7 Å². The summed E-state index contributed by atoms with van der Waals surface area (Å²) in [4.78, 5) is 13.0. The summed E-state index contributed by atoms with van der Waals surface area (Å²) < 4.78 is 27.2. The van der Waals surface area contributed by atoms with E-state index in [9.17, 15) is 13.2 Å². The van der Waals surface area contributed by atoms with Crippen LogP contribution in [0, 0.1) is 6.92 Å². The highest BCUT2D eigenvalue weighted by molar-refractivity contribution is 7.91. The molecule has 27 heavy (non-hydrogen) atoms. The number of benzene rings is 1. The Bertz CT molecular complexity index is 906. The van der Waals surface area contributed by atoms with Crippen LogP contribution in [0.1, 0.15) is 29.7 Å². The lowest BCUT2D eigenvalue weighted by atomic mass is 10.2. The predicted molar refractivity (Wildman–Crippen MR) is 112 cm³/mol. The van der Waals surface area contributed by atoms with Crippen LogP contribution >= 0.6 is 23.7 Å². The number of anilines is 2. The lowest BCUT2D eigenvalue weighted by Crippen LogP contribution is -2.35. The highest BCUT2D eigenvalue weighted by atomic mass is 35.5. The van der Waals surface area contributed by atoms with Gasteiger partial charge in [-0.15, -0.1) is 23.7 Å². The molecule has 0 unspecified atom stereocenters. The highest BCUT2D eigenvalue weighted by Crippen LogP contribution is 2.27. The number of rotatable bonds is 5. The molecule has 0 saturated carbocycles. The van der Waals surface area contributed by atoms with Gasteiger partial charge in [0.1, 0.15) is 4.21 Å². The standard InChI is InChI=1S/C18H23N3O3S2.ClH/c1-13-5-6-14(19)11-16(13)20-17(22)12-15-7-8-18(25-15)26(23,24)21-9-3-2-4-10-21;/h5-8,11H,2-4,9-10,12,19H2,1H3,(H,20,22);1H. The number of carbonyl (C=O) groups excluding carboxylic acids is 1. The zero-order valence-corrected chi connectivity index (χ0v) is 17.6. The first-order chi connectivity index (χ1) is 12.4. The van der Waals surface area contributed by atoms with Crippen LogP contribution in [0.15, 0.2) is 34.5 Å². The number of nitrogens with one attached hydrogen (secondary N) is 1. The summed E-state index contributed by atoms with van der Waals surface area (Å²) in [5.74, 6) is -0.192. The fourth-order valence-electron chi connectivity index (χ4n) is 2.95. The fraction of sp³-hybridized carbons (Fsp3) is 0.389. The van der Waals surface area contributed by atoms with Crippen LogP contribution < -0.4 is 11.1 Å². The first-order valence-corrected chi connectivity index (χ1v) is 10.9. The summed E-state index contributed by atoms with van der Waals surface area (Å²) in [6.07, 6.45) is 3.01. The number of nitrogens with two attached hydrogens (primary N) is 1. The molecule has 0 spiro atoms. The lowest BCUT2D eigenvalue weighted by Gasteiger charge is -2.25. The second-order valence-electron chi connectivity index (χ2n) is 6.48. The smallest absolute Gasteiger partial charge is 0.252 e. The van der Waals surface area contributed by atoms with Crippen LogP contribution in [0.2, 0.25) is 0 Å². The predicted octanol–water partition coefficient (Wildman–Crippen LogP) is 3.42. The van der Waals surface area contributed by atoms with Crippen molar-refractivity contribution >= 4 is 51.0 Å². The molecule has 0 aliphatic carbocycles. The summed E-state index contributed by atoms with van der Waals surface area (Å²) in [6, 6.07) is 8.66. The number of amides is 1. The van der Waals surface area contributed by atoms with Gasteiger partial charge in [0.25, 0.3) is 10.0 Å². The van der Waals surface area contributed by atoms with Gasteiger partial charge in [-0.05, 0) is 49.6 Å².